The predicted octanol–water partition coefficient (Wildman–Crippen LogP) is 5.05. The Balaban J connectivity index is 2.10. The van der Waals surface area contributed by atoms with Crippen LogP contribution in [0.4, 0.5) is 14.5 Å². The largest absolute Gasteiger partial charge is 0.493 e. The normalized spacial score (nSPS) is 10.9. The van der Waals surface area contributed by atoms with Gasteiger partial charge in [-0.1, -0.05) is 19.1 Å². The molecule has 1 amide bonds. The van der Waals surface area contributed by atoms with Crippen LogP contribution >= 0.6 is 0 Å². The molecule has 2 aromatic rings. The summed E-state index contributed by atoms with van der Waals surface area (Å²) in [5.41, 5.74) is 2.20. The van der Waals surface area contributed by atoms with Gasteiger partial charge in [0.15, 0.2) is 11.5 Å². The number of carbonyl (C=O) groups excluding carboxylic acids is 1. The van der Waals surface area contributed by atoms with Crippen molar-refractivity contribution in [3.05, 3.63) is 53.6 Å². The van der Waals surface area contributed by atoms with Gasteiger partial charge in [-0.3, -0.25) is 4.79 Å². The number of carbonyl (C=O) groups is 1. The molecule has 0 saturated carbocycles. The summed E-state index contributed by atoms with van der Waals surface area (Å²) < 4.78 is 39.9. The first-order valence-electron chi connectivity index (χ1n) is 8.78. The highest BCUT2D eigenvalue weighted by atomic mass is 19.3. The molecule has 0 spiro atoms. The van der Waals surface area contributed by atoms with Gasteiger partial charge in [-0.25, -0.2) is 0 Å². The summed E-state index contributed by atoms with van der Waals surface area (Å²) in [5.74, 6) is 0.337. The fourth-order valence-electron chi connectivity index (χ4n) is 2.39. The Morgan fingerprint density at radius 3 is 2.61 bits per heavy atom. The van der Waals surface area contributed by atoms with E-state index in [1.54, 1.807) is 18.2 Å². The number of amides is 1. The second-order valence-corrected chi connectivity index (χ2v) is 5.96. The van der Waals surface area contributed by atoms with Gasteiger partial charge in [0.25, 0.3) is 0 Å². The lowest BCUT2D eigenvalue weighted by Gasteiger charge is -2.12. The van der Waals surface area contributed by atoms with Crippen LogP contribution < -0.4 is 19.5 Å². The summed E-state index contributed by atoms with van der Waals surface area (Å²) >= 11 is 0. The minimum absolute atomic E-state index is 0.0727. The van der Waals surface area contributed by atoms with Gasteiger partial charge in [-0.2, -0.15) is 8.78 Å². The molecule has 7 heteroatoms. The van der Waals surface area contributed by atoms with Gasteiger partial charge in [0.05, 0.1) is 19.4 Å². The van der Waals surface area contributed by atoms with Crippen molar-refractivity contribution < 1.29 is 27.8 Å². The maximum atomic E-state index is 12.4. The lowest BCUT2D eigenvalue weighted by Crippen LogP contribution is -2.10. The maximum Gasteiger partial charge on any atom is 0.387 e. The highest BCUT2D eigenvalue weighted by molar-refractivity contribution is 6.02. The minimum Gasteiger partial charge on any atom is -0.493 e. The molecule has 2 rings (SSSR count). The highest BCUT2D eigenvalue weighted by Crippen LogP contribution is 2.30. The Labute approximate surface area is 162 Å². The van der Waals surface area contributed by atoms with E-state index in [1.165, 1.54) is 25.3 Å². The van der Waals surface area contributed by atoms with Gasteiger partial charge in [0.2, 0.25) is 5.91 Å². The van der Waals surface area contributed by atoms with Crippen LogP contribution in [0, 0.1) is 6.92 Å². The SMILES string of the molecule is CCCOc1cc(C)ccc1NC(=O)/C=C/c1ccc(OC(F)F)c(OC)c1. The van der Waals surface area contributed by atoms with Gasteiger partial charge in [0, 0.05) is 6.08 Å². The van der Waals surface area contributed by atoms with Gasteiger partial charge < -0.3 is 19.5 Å². The summed E-state index contributed by atoms with van der Waals surface area (Å²) in [7, 11) is 1.35. The van der Waals surface area contributed by atoms with E-state index in [0.717, 1.165) is 12.0 Å². The molecule has 5 nitrogen and oxygen atoms in total. The van der Waals surface area contributed by atoms with Crippen molar-refractivity contribution in [3.8, 4) is 17.2 Å². The van der Waals surface area contributed by atoms with E-state index in [4.69, 9.17) is 9.47 Å². The molecule has 0 atom stereocenters. The fourth-order valence-corrected chi connectivity index (χ4v) is 2.39. The molecule has 0 aromatic heterocycles. The third-order valence-electron chi connectivity index (χ3n) is 3.69. The average Bonchev–Trinajstić information content (AvgIpc) is 2.66. The Morgan fingerprint density at radius 1 is 1.14 bits per heavy atom. The van der Waals surface area contributed by atoms with Crippen molar-refractivity contribution in [2.75, 3.05) is 19.0 Å². The molecule has 0 aliphatic rings. The molecule has 0 saturated heterocycles. The quantitative estimate of drug-likeness (QED) is 0.608. The molecule has 2 aromatic carbocycles. The van der Waals surface area contributed by atoms with E-state index >= 15 is 0 Å². The first kappa shape index (κ1) is 21.2. The number of benzene rings is 2. The summed E-state index contributed by atoms with van der Waals surface area (Å²) in [6.07, 6.45) is 3.74. The first-order valence-corrected chi connectivity index (χ1v) is 8.78. The first-order chi connectivity index (χ1) is 13.4. The Hall–Kier alpha value is -3.09. The molecule has 150 valence electrons. The Bertz CT molecular complexity index is 837. The number of anilines is 1. The average molecular weight is 391 g/mol. The molecule has 0 heterocycles. The van der Waals surface area contributed by atoms with Crippen LogP contribution in [0.15, 0.2) is 42.5 Å². The molecular formula is C21H23F2NO4. The van der Waals surface area contributed by atoms with E-state index in [0.29, 0.717) is 23.6 Å². The minimum atomic E-state index is -2.94. The summed E-state index contributed by atoms with van der Waals surface area (Å²) in [6, 6.07) is 9.94. The van der Waals surface area contributed by atoms with Gasteiger partial charge in [-0.15, -0.1) is 0 Å². The van der Waals surface area contributed by atoms with Gasteiger partial charge in [-0.05, 0) is 54.8 Å². The van der Waals surface area contributed by atoms with E-state index in [-0.39, 0.29) is 17.4 Å². The summed E-state index contributed by atoms with van der Waals surface area (Å²) in [6.45, 7) is 1.55. The Morgan fingerprint density at radius 2 is 1.93 bits per heavy atom. The van der Waals surface area contributed by atoms with Crippen molar-refractivity contribution >= 4 is 17.7 Å². The van der Waals surface area contributed by atoms with E-state index < -0.39 is 6.61 Å². The zero-order chi connectivity index (χ0) is 20.5. The number of nitrogens with one attached hydrogen (secondary N) is 1. The van der Waals surface area contributed by atoms with Gasteiger partial charge >= 0.3 is 6.61 Å². The second-order valence-electron chi connectivity index (χ2n) is 5.96. The van der Waals surface area contributed by atoms with Crippen molar-refractivity contribution in [2.45, 2.75) is 26.9 Å². The number of methoxy groups -OCH3 is 1. The highest BCUT2D eigenvalue weighted by Gasteiger charge is 2.11. The number of hydrogen-bond acceptors (Lipinski definition) is 4. The lowest BCUT2D eigenvalue weighted by molar-refractivity contribution is -0.111. The molecular weight excluding hydrogens is 368 g/mol. The number of halogens is 2. The molecule has 0 fully saturated rings. The standard InChI is InChI=1S/C21H23F2NO4/c1-4-11-27-18-12-14(2)5-8-16(18)24-20(25)10-7-15-6-9-17(28-21(22)23)19(13-15)26-3/h5-10,12-13,21H,4,11H2,1-3H3,(H,24,25)/b10-7+. The zero-order valence-electron chi connectivity index (χ0n) is 16.0. The van der Waals surface area contributed by atoms with E-state index in [9.17, 15) is 13.6 Å². The van der Waals surface area contributed by atoms with Crippen LogP contribution in [0.1, 0.15) is 24.5 Å². The third-order valence-corrected chi connectivity index (χ3v) is 3.69. The molecule has 28 heavy (non-hydrogen) atoms. The number of ether oxygens (including phenoxy) is 3. The second kappa shape index (κ2) is 10.3. The molecule has 0 aliphatic heterocycles. The van der Waals surface area contributed by atoms with Crippen molar-refractivity contribution in [1.82, 2.24) is 0 Å². The molecule has 0 radical (unpaired) electrons. The van der Waals surface area contributed by atoms with Crippen LogP contribution in [0.2, 0.25) is 0 Å². The van der Waals surface area contributed by atoms with Crippen LogP contribution in [0.25, 0.3) is 6.08 Å². The van der Waals surface area contributed by atoms with Crippen LogP contribution in [-0.2, 0) is 4.79 Å². The van der Waals surface area contributed by atoms with E-state index in [2.05, 4.69) is 10.1 Å². The molecule has 0 unspecified atom stereocenters. The van der Waals surface area contributed by atoms with Crippen LogP contribution in [0.5, 0.6) is 17.2 Å². The van der Waals surface area contributed by atoms with E-state index in [1.807, 2.05) is 26.0 Å². The molecule has 0 aliphatic carbocycles. The number of hydrogen-bond donors (Lipinski definition) is 1. The topological polar surface area (TPSA) is 56.8 Å². The van der Waals surface area contributed by atoms with Crippen molar-refractivity contribution in [3.63, 3.8) is 0 Å². The predicted molar refractivity (Wildman–Crippen MR) is 104 cm³/mol. The third kappa shape index (κ3) is 6.26. The van der Waals surface area contributed by atoms with Crippen molar-refractivity contribution in [1.29, 1.82) is 0 Å². The maximum absolute atomic E-state index is 12.4. The summed E-state index contributed by atoms with van der Waals surface area (Å²) in [4.78, 5) is 12.3. The summed E-state index contributed by atoms with van der Waals surface area (Å²) in [5, 5.41) is 2.78. The molecule has 1 N–H and O–H groups in total. The Kier molecular flexibility index (Phi) is 7.80. The number of aryl methyl sites for hydroxylation is 1. The van der Waals surface area contributed by atoms with Crippen LogP contribution in [0.3, 0.4) is 0 Å². The van der Waals surface area contributed by atoms with Crippen LogP contribution in [-0.4, -0.2) is 26.2 Å². The zero-order valence-corrected chi connectivity index (χ0v) is 16.0. The number of rotatable bonds is 9. The van der Waals surface area contributed by atoms with Crippen molar-refractivity contribution in [2.24, 2.45) is 0 Å². The monoisotopic (exact) mass is 391 g/mol. The number of alkyl halides is 2. The fraction of sp³-hybridized carbons (Fsp3) is 0.286. The molecule has 0 bridgehead atoms. The van der Waals surface area contributed by atoms with Gasteiger partial charge in [0.1, 0.15) is 5.75 Å². The lowest BCUT2D eigenvalue weighted by atomic mass is 10.2. The smallest absolute Gasteiger partial charge is 0.387 e.